The molecule has 0 spiro atoms. The first kappa shape index (κ1) is 28.2. The first-order chi connectivity index (χ1) is 17.0. The Morgan fingerprint density at radius 1 is 0.889 bits per heavy atom. The minimum absolute atomic E-state index is 0.0324. The average Bonchev–Trinajstić information content (AvgIpc) is 2.79. The highest BCUT2D eigenvalue weighted by atomic mass is 35.5. The molecule has 36 heavy (non-hydrogen) atoms. The summed E-state index contributed by atoms with van der Waals surface area (Å²) in [4.78, 5) is 13.2. The third-order valence-electron chi connectivity index (χ3n) is 5.92. The summed E-state index contributed by atoms with van der Waals surface area (Å²) in [7, 11) is -4.01. The molecule has 0 bridgehead atoms. The van der Waals surface area contributed by atoms with Crippen LogP contribution in [0.25, 0.3) is 0 Å². The zero-order chi connectivity index (χ0) is 26.5. The van der Waals surface area contributed by atoms with Crippen LogP contribution in [0.3, 0.4) is 0 Å². The van der Waals surface area contributed by atoms with Crippen LogP contribution in [0.4, 0.5) is 5.69 Å². The molecule has 192 valence electrons. The smallest absolute Gasteiger partial charge is 0.244 e. The van der Waals surface area contributed by atoms with Gasteiger partial charge >= 0.3 is 0 Å². The van der Waals surface area contributed by atoms with Crippen LogP contribution in [0, 0.1) is 20.8 Å². The van der Waals surface area contributed by atoms with E-state index in [1.165, 1.54) is 9.87 Å². The Balaban J connectivity index is 1.90. The van der Waals surface area contributed by atoms with Crippen LogP contribution in [0.5, 0.6) is 0 Å². The van der Waals surface area contributed by atoms with Crippen molar-refractivity contribution in [2.75, 3.05) is 11.9 Å². The second kappa shape index (κ2) is 12.2. The van der Waals surface area contributed by atoms with Crippen LogP contribution in [0.1, 0.15) is 47.6 Å². The number of hydrogen-bond donors (Lipinski definition) is 1. The van der Waals surface area contributed by atoms with Crippen LogP contribution in [0.15, 0.2) is 59.5 Å². The molecule has 5 nitrogen and oxygen atoms in total. The third-order valence-corrected chi connectivity index (χ3v) is 8.76. The second-order valence-corrected chi connectivity index (χ2v) is 11.8. The lowest BCUT2D eigenvalue weighted by Crippen LogP contribution is -2.38. The molecular formula is C28H32Cl2N2O3S. The van der Waals surface area contributed by atoms with Gasteiger partial charge in [-0.15, -0.1) is 0 Å². The monoisotopic (exact) mass is 546 g/mol. The van der Waals surface area contributed by atoms with Crippen LogP contribution in [0.2, 0.25) is 10.0 Å². The fraction of sp³-hybridized carbons (Fsp3) is 0.321. The van der Waals surface area contributed by atoms with Crippen molar-refractivity contribution in [2.45, 2.75) is 58.4 Å². The summed E-state index contributed by atoms with van der Waals surface area (Å²) in [5.41, 5.74) is 4.69. The topological polar surface area (TPSA) is 66.5 Å². The molecule has 3 aromatic rings. The molecule has 0 radical (unpaired) electrons. The highest BCUT2D eigenvalue weighted by Crippen LogP contribution is 2.28. The number of amides is 1. The average molecular weight is 548 g/mol. The van der Waals surface area contributed by atoms with Gasteiger partial charge in [0, 0.05) is 12.2 Å². The van der Waals surface area contributed by atoms with E-state index in [-0.39, 0.29) is 18.0 Å². The second-order valence-electron chi connectivity index (χ2n) is 9.10. The van der Waals surface area contributed by atoms with Crippen molar-refractivity contribution in [1.82, 2.24) is 4.31 Å². The normalized spacial score (nSPS) is 11.6. The van der Waals surface area contributed by atoms with Crippen LogP contribution < -0.4 is 5.32 Å². The van der Waals surface area contributed by atoms with E-state index >= 15 is 0 Å². The Hall–Kier alpha value is -2.38. The number of unbranched alkanes of at least 4 members (excludes halogenated alkanes) is 1. The number of rotatable bonds is 10. The quantitative estimate of drug-likeness (QED) is 0.295. The van der Waals surface area contributed by atoms with E-state index in [1.807, 2.05) is 43.3 Å². The molecule has 0 saturated carbocycles. The van der Waals surface area contributed by atoms with Gasteiger partial charge in [0.05, 0.1) is 21.5 Å². The molecule has 0 atom stereocenters. The van der Waals surface area contributed by atoms with E-state index in [4.69, 9.17) is 23.2 Å². The summed E-state index contributed by atoms with van der Waals surface area (Å²) in [6, 6.07) is 16.3. The molecule has 0 aliphatic heterocycles. The van der Waals surface area contributed by atoms with Crippen LogP contribution in [-0.2, 0) is 27.8 Å². The van der Waals surface area contributed by atoms with Gasteiger partial charge in [-0.25, -0.2) is 8.42 Å². The molecule has 1 amide bonds. The van der Waals surface area contributed by atoms with Crippen molar-refractivity contribution in [3.63, 3.8) is 0 Å². The summed E-state index contributed by atoms with van der Waals surface area (Å²) in [5.74, 6) is -0.428. The van der Waals surface area contributed by atoms with Gasteiger partial charge in [-0.3, -0.25) is 4.79 Å². The van der Waals surface area contributed by atoms with E-state index in [2.05, 4.69) is 12.2 Å². The minimum Gasteiger partial charge on any atom is -0.325 e. The Labute approximate surface area is 224 Å². The van der Waals surface area contributed by atoms with Crippen molar-refractivity contribution in [1.29, 1.82) is 0 Å². The van der Waals surface area contributed by atoms with Gasteiger partial charge in [-0.2, -0.15) is 4.31 Å². The van der Waals surface area contributed by atoms with Gasteiger partial charge in [-0.1, -0.05) is 72.4 Å². The third kappa shape index (κ3) is 7.10. The largest absolute Gasteiger partial charge is 0.325 e. The Bertz CT molecular complexity index is 1320. The summed E-state index contributed by atoms with van der Waals surface area (Å²) < 4.78 is 28.9. The number of anilines is 1. The maximum atomic E-state index is 13.9. The van der Waals surface area contributed by atoms with Crippen molar-refractivity contribution >= 4 is 44.8 Å². The standard InChI is InChI=1S/C28H32Cl2N2O3S/c1-5-6-7-22-8-11-24(12-9-22)31-27(33)18-32(17-23-10-13-25(29)26(30)16-23)36(34,35)28-20(3)14-19(2)15-21(28)4/h8-16H,5-7,17-18H2,1-4H3,(H,31,33). The fourth-order valence-corrected chi connectivity index (χ4v) is 6.38. The molecule has 8 heteroatoms. The number of carbonyl (C=O) groups is 1. The lowest BCUT2D eigenvalue weighted by Gasteiger charge is -2.24. The number of aryl methyl sites for hydroxylation is 4. The van der Waals surface area contributed by atoms with Crippen LogP contribution >= 0.6 is 23.2 Å². The molecule has 0 aliphatic rings. The number of hydrogen-bond acceptors (Lipinski definition) is 3. The number of carbonyl (C=O) groups excluding carboxylic acids is 1. The Morgan fingerprint density at radius 2 is 1.50 bits per heavy atom. The summed E-state index contributed by atoms with van der Waals surface area (Å²) in [6.07, 6.45) is 3.20. The summed E-state index contributed by atoms with van der Waals surface area (Å²) in [6.45, 7) is 7.22. The highest BCUT2D eigenvalue weighted by molar-refractivity contribution is 7.89. The molecule has 0 aromatic heterocycles. The molecule has 0 aliphatic carbocycles. The zero-order valence-electron chi connectivity index (χ0n) is 21.1. The van der Waals surface area contributed by atoms with Crippen molar-refractivity contribution in [3.8, 4) is 0 Å². The number of sulfonamides is 1. The highest BCUT2D eigenvalue weighted by Gasteiger charge is 2.30. The fourth-order valence-electron chi connectivity index (χ4n) is 4.27. The van der Waals surface area contributed by atoms with Gasteiger partial charge in [-0.05, 0) is 80.1 Å². The Kier molecular flexibility index (Phi) is 9.59. The van der Waals surface area contributed by atoms with E-state index < -0.39 is 15.9 Å². The lowest BCUT2D eigenvalue weighted by atomic mass is 10.1. The number of halogens is 2. The molecule has 0 saturated heterocycles. The van der Waals surface area contributed by atoms with E-state index in [1.54, 1.807) is 32.0 Å². The van der Waals surface area contributed by atoms with Crippen molar-refractivity contribution in [3.05, 3.63) is 92.5 Å². The maximum absolute atomic E-state index is 13.9. The Morgan fingerprint density at radius 3 is 2.08 bits per heavy atom. The number of benzene rings is 3. The SMILES string of the molecule is CCCCc1ccc(NC(=O)CN(Cc2ccc(Cl)c(Cl)c2)S(=O)(=O)c2c(C)cc(C)cc2C)cc1. The first-order valence-electron chi connectivity index (χ1n) is 11.9. The van der Waals surface area contributed by atoms with E-state index in [0.29, 0.717) is 32.4 Å². The lowest BCUT2D eigenvalue weighted by molar-refractivity contribution is -0.116. The van der Waals surface area contributed by atoms with Gasteiger partial charge in [0.15, 0.2) is 0 Å². The van der Waals surface area contributed by atoms with Gasteiger partial charge in [0.1, 0.15) is 0 Å². The molecule has 1 N–H and O–H groups in total. The number of nitrogens with one attached hydrogen (secondary N) is 1. The van der Waals surface area contributed by atoms with Crippen molar-refractivity contribution in [2.24, 2.45) is 0 Å². The number of nitrogens with zero attached hydrogens (tertiary/aromatic N) is 1. The molecule has 0 fully saturated rings. The van der Waals surface area contributed by atoms with Gasteiger partial charge < -0.3 is 5.32 Å². The summed E-state index contributed by atoms with van der Waals surface area (Å²) >= 11 is 12.2. The molecule has 0 heterocycles. The van der Waals surface area contributed by atoms with Crippen LogP contribution in [-0.4, -0.2) is 25.2 Å². The maximum Gasteiger partial charge on any atom is 0.244 e. The van der Waals surface area contributed by atoms with E-state index in [0.717, 1.165) is 24.8 Å². The molecule has 3 rings (SSSR count). The van der Waals surface area contributed by atoms with E-state index in [9.17, 15) is 13.2 Å². The summed E-state index contributed by atoms with van der Waals surface area (Å²) in [5, 5.41) is 3.53. The zero-order valence-corrected chi connectivity index (χ0v) is 23.4. The predicted octanol–water partition coefficient (Wildman–Crippen LogP) is 7.09. The first-order valence-corrected chi connectivity index (χ1v) is 14.1. The molecule has 3 aromatic carbocycles. The van der Waals surface area contributed by atoms with Gasteiger partial charge in [0.2, 0.25) is 15.9 Å². The van der Waals surface area contributed by atoms with Crippen molar-refractivity contribution < 1.29 is 13.2 Å². The molecule has 0 unspecified atom stereocenters. The minimum atomic E-state index is -4.01. The van der Waals surface area contributed by atoms with Gasteiger partial charge in [0.25, 0.3) is 0 Å². The predicted molar refractivity (Wildman–Crippen MR) is 148 cm³/mol. The molecular weight excluding hydrogens is 515 g/mol.